The molecule has 0 fully saturated rings. The molecule has 22 heavy (non-hydrogen) atoms. The van der Waals surface area contributed by atoms with Crippen LogP contribution in [0.5, 0.6) is 0 Å². The highest BCUT2D eigenvalue weighted by atomic mass is 31.1. The summed E-state index contributed by atoms with van der Waals surface area (Å²) in [6.07, 6.45) is 3.41. The van der Waals surface area contributed by atoms with Crippen molar-refractivity contribution in [2.45, 2.75) is 6.16 Å². The molecule has 3 aromatic rings. The molecular formula is C21H19P. The molecule has 0 spiro atoms. The summed E-state index contributed by atoms with van der Waals surface area (Å²) in [6, 6.07) is 32.0. The van der Waals surface area contributed by atoms with Gasteiger partial charge in [0.25, 0.3) is 0 Å². The lowest BCUT2D eigenvalue weighted by Gasteiger charge is -2.09. The lowest BCUT2D eigenvalue weighted by molar-refractivity contribution is 1.41. The maximum atomic E-state index is 2.32. The summed E-state index contributed by atoms with van der Waals surface area (Å²) in [5.74, 6) is 0. The molecule has 0 saturated carbocycles. The Bertz CT molecular complexity index is 716. The molecule has 1 heteroatoms. The molecular weight excluding hydrogens is 283 g/mol. The predicted octanol–water partition coefficient (Wildman–Crippen LogP) is 6.06. The summed E-state index contributed by atoms with van der Waals surface area (Å²) < 4.78 is 0. The number of benzene rings is 3. The van der Waals surface area contributed by atoms with E-state index in [9.17, 15) is 0 Å². The van der Waals surface area contributed by atoms with Gasteiger partial charge in [-0.2, -0.15) is 0 Å². The minimum atomic E-state index is 0.765. The van der Waals surface area contributed by atoms with Gasteiger partial charge in [-0.3, -0.25) is 0 Å². The zero-order chi connectivity index (χ0) is 15.0. The number of rotatable bonds is 5. The SMILES string of the molecule is C(=C(/PCc1ccccc1)c1ccccc1)/c1ccccc1. The van der Waals surface area contributed by atoms with Crippen molar-refractivity contribution in [3.05, 3.63) is 108 Å². The van der Waals surface area contributed by atoms with Crippen LogP contribution in [-0.2, 0) is 6.16 Å². The van der Waals surface area contributed by atoms with Gasteiger partial charge >= 0.3 is 0 Å². The van der Waals surface area contributed by atoms with Crippen LogP contribution in [0.3, 0.4) is 0 Å². The molecule has 0 N–H and O–H groups in total. The summed E-state index contributed by atoms with van der Waals surface area (Å²) in [5, 5.41) is 1.41. The number of hydrogen-bond donors (Lipinski definition) is 0. The van der Waals surface area contributed by atoms with Crippen LogP contribution in [0.4, 0.5) is 0 Å². The van der Waals surface area contributed by atoms with E-state index in [1.165, 1.54) is 22.0 Å². The molecule has 3 rings (SSSR count). The second-order valence-corrected chi connectivity index (χ2v) is 6.42. The first-order chi connectivity index (χ1) is 10.9. The summed E-state index contributed by atoms with van der Waals surface area (Å²) in [4.78, 5) is 0. The Morgan fingerprint density at radius 3 is 1.86 bits per heavy atom. The largest absolute Gasteiger partial charge is 0.0852 e. The average Bonchev–Trinajstić information content (AvgIpc) is 2.61. The van der Waals surface area contributed by atoms with Crippen LogP contribution in [-0.4, -0.2) is 0 Å². The zero-order valence-corrected chi connectivity index (χ0v) is 13.4. The molecule has 0 saturated heterocycles. The van der Waals surface area contributed by atoms with E-state index in [0.29, 0.717) is 0 Å². The smallest absolute Gasteiger partial charge is 0.00600 e. The van der Waals surface area contributed by atoms with E-state index in [1.54, 1.807) is 0 Å². The van der Waals surface area contributed by atoms with Gasteiger partial charge < -0.3 is 0 Å². The van der Waals surface area contributed by atoms with Gasteiger partial charge in [0.1, 0.15) is 0 Å². The Balaban J connectivity index is 1.85. The van der Waals surface area contributed by atoms with Crippen LogP contribution in [0.2, 0.25) is 0 Å². The third-order valence-corrected chi connectivity index (χ3v) is 4.92. The monoisotopic (exact) mass is 302 g/mol. The highest BCUT2D eigenvalue weighted by Crippen LogP contribution is 2.37. The molecule has 108 valence electrons. The second kappa shape index (κ2) is 7.73. The van der Waals surface area contributed by atoms with E-state index in [4.69, 9.17) is 0 Å². The van der Waals surface area contributed by atoms with Gasteiger partial charge in [-0.1, -0.05) is 99.6 Å². The van der Waals surface area contributed by atoms with Crippen LogP contribution < -0.4 is 0 Å². The highest BCUT2D eigenvalue weighted by molar-refractivity contribution is 7.50. The van der Waals surface area contributed by atoms with Crippen LogP contribution >= 0.6 is 8.58 Å². The van der Waals surface area contributed by atoms with Crippen molar-refractivity contribution in [2.24, 2.45) is 0 Å². The summed E-state index contributed by atoms with van der Waals surface area (Å²) in [6.45, 7) is 0. The van der Waals surface area contributed by atoms with E-state index in [2.05, 4.69) is 97.1 Å². The van der Waals surface area contributed by atoms with E-state index < -0.39 is 0 Å². The van der Waals surface area contributed by atoms with Crippen molar-refractivity contribution < 1.29 is 0 Å². The fraction of sp³-hybridized carbons (Fsp3) is 0.0476. The normalized spacial score (nSPS) is 11.9. The summed E-state index contributed by atoms with van der Waals surface area (Å²) in [7, 11) is 0.765. The van der Waals surface area contributed by atoms with Gasteiger partial charge in [0.2, 0.25) is 0 Å². The van der Waals surface area contributed by atoms with Crippen molar-refractivity contribution in [3.63, 3.8) is 0 Å². The molecule has 0 amide bonds. The van der Waals surface area contributed by atoms with E-state index in [1.807, 2.05) is 0 Å². The molecule has 0 aromatic heterocycles. The maximum absolute atomic E-state index is 2.32. The second-order valence-electron chi connectivity index (χ2n) is 5.17. The Kier molecular flexibility index (Phi) is 5.18. The van der Waals surface area contributed by atoms with Crippen molar-refractivity contribution in [1.29, 1.82) is 0 Å². The molecule has 0 aliphatic carbocycles. The van der Waals surface area contributed by atoms with Crippen LogP contribution in [0.1, 0.15) is 16.7 Å². The molecule has 0 bridgehead atoms. The number of hydrogen-bond acceptors (Lipinski definition) is 0. The van der Waals surface area contributed by atoms with Crippen LogP contribution in [0.15, 0.2) is 91.0 Å². The first kappa shape index (κ1) is 14.8. The van der Waals surface area contributed by atoms with E-state index in [0.717, 1.165) is 14.7 Å². The van der Waals surface area contributed by atoms with Gasteiger partial charge in [-0.15, -0.1) is 0 Å². The molecule has 0 nitrogen and oxygen atoms in total. The molecule has 0 aliphatic heterocycles. The van der Waals surface area contributed by atoms with Crippen molar-refractivity contribution in [2.75, 3.05) is 0 Å². The molecule has 0 aliphatic rings. The Labute approximate surface area is 134 Å². The zero-order valence-electron chi connectivity index (χ0n) is 12.4. The average molecular weight is 302 g/mol. The highest BCUT2D eigenvalue weighted by Gasteiger charge is 2.02. The fourth-order valence-corrected chi connectivity index (χ4v) is 3.63. The van der Waals surface area contributed by atoms with Gasteiger partial charge in [0.05, 0.1) is 0 Å². The fourth-order valence-electron chi connectivity index (χ4n) is 2.36. The van der Waals surface area contributed by atoms with Gasteiger partial charge in [0, 0.05) is 0 Å². The first-order valence-electron chi connectivity index (χ1n) is 7.52. The summed E-state index contributed by atoms with van der Waals surface area (Å²) in [5.41, 5.74) is 3.98. The molecule has 3 aromatic carbocycles. The first-order valence-corrected chi connectivity index (χ1v) is 8.72. The lowest BCUT2D eigenvalue weighted by Crippen LogP contribution is -1.82. The van der Waals surface area contributed by atoms with Crippen molar-refractivity contribution in [3.8, 4) is 0 Å². The maximum Gasteiger partial charge on any atom is -0.00600 e. The topological polar surface area (TPSA) is 0 Å². The van der Waals surface area contributed by atoms with Crippen molar-refractivity contribution in [1.82, 2.24) is 0 Å². The summed E-state index contributed by atoms with van der Waals surface area (Å²) >= 11 is 0. The van der Waals surface area contributed by atoms with Crippen molar-refractivity contribution >= 4 is 20.0 Å². The van der Waals surface area contributed by atoms with E-state index in [-0.39, 0.29) is 0 Å². The quantitative estimate of drug-likeness (QED) is 0.397. The third kappa shape index (κ3) is 4.16. The predicted molar refractivity (Wildman–Crippen MR) is 99.2 cm³/mol. The lowest BCUT2D eigenvalue weighted by atomic mass is 10.1. The Morgan fingerprint density at radius 2 is 1.23 bits per heavy atom. The minimum Gasteiger partial charge on any atom is -0.0852 e. The van der Waals surface area contributed by atoms with Gasteiger partial charge in [-0.25, -0.2) is 0 Å². The van der Waals surface area contributed by atoms with Crippen LogP contribution in [0.25, 0.3) is 11.4 Å². The van der Waals surface area contributed by atoms with E-state index >= 15 is 0 Å². The molecule has 0 heterocycles. The molecule has 1 unspecified atom stereocenters. The standard InChI is InChI=1S/C21H19P/c1-4-10-18(11-5-1)16-21(20-14-8-3-9-15-20)22-17-19-12-6-2-7-13-19/h1-16,22H,17H2/b21-16-. The Hall–Kier alpha value is -2.17. The van der Waals surface area contributed by atoms with Gasteiger partial charge in [0.15, 0.2) is 0 Å². The molecule has 0 radical (unpaired) electrons. The van der Waals surface area contributed by atoms with Crippen LogP contribution in [0, 0.1) is 0 Å². The van der Waals surface area contributed by atoms with Gasteiger partial charge in [-0.05, 0) is 34.2 Å². The Morgan fingerprint density at radius 1 is 0.682 bits per heavy atom. The molecule has 1 atom stereocenters. The minimum absolute atomic E-state index is 0.765. The third-order valence-electron chi connectivity index (χ3n) is 3.52.